The van der Waals surface area contributed by atoms with Crippen molar-refractivity contribution in [2.24, 2.45) is 0 Å². The van der Waals surface area contributed by atoms with Crippen LogP contribution in [-0.4, -0.2) is 31.4 Å². The molecule has 0 bridgehead atoms. The molecule has 0 aliphatic heterocycles. The Morgan fingerprint density at radius 3 is 2.69 bits per heavy atom. The number of H-pyrrole nitrogens is 1. The number of hydrogen-bond acceptors (Lipinski definition) is 5. The monoisotopic (exact) mass is 374 g/mol. The molecule has 3 N–H and O–H groups in total. The van der Waals surface area contributed by atoms with E-state index < -0.39 is 10.0 Å². The molecule has 3 rings (SSSR count). The largest absolute Gasteiger partial charge is 0.495 e. The van der Waals surface area contributed by atoms with Crippen LogP contribution >= 0.6 is 0 Å². The number of imidazole rings is 1. The fourth-order valence-corrected chi connectivity index (χ4v) is 3.49. The van der Waals surface area contributed by atoms with Crippen molar-refractivity contribution in [3.8, 4) is 5.75 Å². The molecule has 26 heavy (non-hydrogen) atoms. The summed E-state index contributed by atoms with van der Waals surface area (Å²) in [6, 6.07) is 11.7. The third-order valence-corrected chi connectivity index (χ3v) is 5.06. The summed E-state index contributed by atoms with van der Waals surface area (Å²) in [4.78, 5) is 18.7. The molecule has 1 aromatic heterocycles. The summed E-state index contributed by atoms with van der Waals surface area (Å²) >= 11 is 0. The molecule has 0 fully saturated rings. The first-order chi connectivity index (χ1) is 12.4. The van der Waals surface area contributed by atoms with Crippen LogP contribution in [0.3, 0.4) is 0 Å². The van der Waals surface area contributed by atoms with Gasteiger partial charge in [-0.1, -0.05) is 12.1 Å². The van der Waals surface area contributed by atoms with Crippen LogP contribution in [0, 0.1) is 0 Å². The zero-order valence-electron chi connectivity index (χ0n) is 14.2. The summed E-state index contributed by atoms with van der Waals surface area (Å²) in [6.45, 7) is 1.35. The molecule has 0 saturated heterocycles. The summed E-state index contributed by atoms with van der Waals surface area (Å²) in [7, 11) is -2.36. The maximum atomic E-state index is 12.6. The number of para-hydroxylation sites is 2. The van der Waals surface area contributed by atoms with Crippen molar-refractivity contribution in [2.75, 3.05) is 12.4 Å². The Balaban J connectivity index is 1.82. The lowest BCUT2D eigenvalue weighted by atomic mass is 10.3. The van der Waals surface area contributed by atoms with Crippen LogP contribution < -0.4 is 14.8 Å². The van der Waals surface area contributed by atoms with Gasteiger partial charge in [-0.25, -0.2) is 18.1 Å². The molecule has 1 heterocycles. The SMILES string of the molecule is COc1ccc(S(=O)(=O)NCc2nc3ccccc3[nH]2)cc1NC(C)=O. The predicted molar refractivity (Wildman–Crippen MR) is 97.4 cm³/mol. The highest BCUT2D eigenvalue weighted by Crippen LogP contribution is 2.27. The summed E-state index contributed by atoms with van der Waals surface area (Å²) in [5.74, 6) is 0.551. The molecule has 8 nitrogen and oxygen atoms in total. The fourth-order valence-electron chi connectivity index (χ4n) is 2.48. The number of carbonyl (C=O) groups excluding carboxylic acids is 1. The Morgan fingerprint density at radius 1 is 1.23 bits per heavy atom. The molecule has 0 unspecified atom stereocenters. The molecular formula is C17H18N4O4S. The lowest BCUT2D eigenvalue weighted by molar-refractivity contribution is -0.114. The highest BCUT2D eigenvalue weighted by molar-refractivity contribution is 7.89. The minimum atomic E-state index is -3.80. The molecule has 0 aliphatic carbocycles. The van der Waals surface area contributed by atoms with Gasteiger partial charge < -0.3 is 15.0 Å². The average Bonchev–Trinajstić information content (AvgIpc) is 3.02. The normalized spacial score (nSPS) is 11.5. The Morgan fingerprint density at radius 2 is 2.00 bits per heavy atom. The molecule has 0 atom stereocenters. The maximum absolute atomic E-state index is 12.6. The maximum Gasteiger partial charge on any atom is 0.241 e. The van der Waals surface area contributed by atoms with Crippen molar-refractivity contribution >= 4 is 32.7 Å². The number of ether oxygens (including phenoxy) is 1. The van der Waals surface area contributed by atoms with E-state index in [9.17, 15) is 13.2 Å². The van der Waals surface area contributed by atoms with Crippen LogP contribution in [0.25, 0.3) is 11.0 Å². The first-order valence-electron chi connectivity index (χ1n) is 7.78. The van der Waals surface area contributed by atoms with Gasteiger partial charge in [0.15, 0.2) is 0 Å². The minimum Gasteiger partial charge on any atom is -0.495 e. The standard InChI is InChI=1S/C17H18N4O4S/c1-11(22)19-15-9-12(7-8-16(15)25-2)26(23,24)18-10-17-20-13-5-3-4-6-14(13)21-17/h3-9,18H,10H2,1-2H3,(H,19,22)(H,20,21). The zero-order chi connectivity index (χ0) is 18.7. The molecule has 9 heteroatoms. The van der Waals surface area contributed by atoms with Crippen LogP contribution in [0.2, 0.25) is 0 Å². The third kappa shape index (κ3) is 3.84. The highest BCUT2D eigenvalue weighted by Gasteiger charge is 2.17. The third-order valence-electron chi connectivity index (χ3n) is 3.66. The predicted octanol–water partition coefficient (Wildman–Crippen LogP) is 2.01. The molecule has 0 aliphatic rings. The molecule has 0 saturated carbocycles. The van der Waals surface area contributed by atoms with E-state index in [0.717, 1.165) is 11.0 Å². The second-order valence-electron chi connectivity index (χ2n) is 5.57. The van der Waals surface area contributed by atoms with E-state index in [1.165, 1.54) is 32.2 Å². The van der Waals surface area contributed by atoms with Crippen LogP contribution in [-0.2, 0) is 21.4 Å². The van der Waals surface area contributed by atoms with Crippen molar-refractivity contribution in [2.45, 2.75) is 18.4 Å². The number of fused-ring (bicyclic) bond motifs is 1. The summed E-state index contributed by atoms with van der Waals surface area (Å²) in [6.07, 6.45) is 0. The van der Waals surface area contributed by atoms with Crippen LogP contribution in [0.4, 0.5) is 5.69 Å². The van der Waals surface area contributed by atoms with Crippen molar-refractivity contribution < 1.29 is 17.9 Å². The molecule has 1 amide bonds. The average molecular weight is 374 g/mol. The number of hydrogen-bond donors (Lipinski definition) is 3. The van der Waals surface area contributed by atoms with Gasteiger partial charge in [0.05, 0.1) is 35.3 Å². The number of aromatic nitrogens is 2. The van der Waals surface area contributed by atoms with Gasteiger partial charge in [-0.2, -0.15) is 0 Å². The smallest absolute Gasteiger partial charge is 0.241 e. The van der Waals surface area contributed by atoms with E-state index >= 15 is 0 Å². The number of amides is 1. The molecule has 136 valence electrons. The molecule has 2 aromatic carbocycles. The van der Waals surface area contributed by atoms with Crippen molar-refractivity contribution in [3.05, 3.63) is 48.3 Å². The highest BCUT2D eigenvalue weighted by atomic mass is 32.2. The van der Waals surface area contributed by atoms with Crippen LogP contribution in [0.1, 0.15) is 12.7 Å². The summed E-state index contributed by atoms with van der Waals surface area (Å²) in [5.41, 5.74) is 1.88. The number of anilines is 1. The van der Waals surface area contributed by atoms with E-state index in [2.05, 4.69) is 20.0 Å². The Hall–Kier alpha value is -2.91. The van der Waals surface area contributed by atoms with Gasteiger partial charge in [0.1, 0.15) is 11.6 Å². The van der Waals surface area contributed by atoms with Crippen LogP contribution in [0.15, 0.2) is 47.4 Å². The van der Waals surface area contributed by atoms with Gasteiger partial charge in [0.25, 0.3) is 0 Å². The van der Waals surface area contributed by atoms with Gasteiger partial charge in [-0.05, 0) is 30.3 Å². The number of carbonyl (C=O) groups is 1. The number of rotatable bonds is 6. The van der Waals surface area contributed by atoms with E-state index in [-0.39, 0.29) is 23.0 Å². The Kier molecular flexibility index (Phi) is 4.92. The first-order valence-corrected chi connectivity index (χ1v) is 9.26. The van der Waals surface area contributed by atoms with Crippen LogP contribution in [0.5, 0.6) is 5.75 Å². The van der Waals surface area contributed by atoms with E-state index in [0.29, 0.717) is 11.6 Å². The van der Waals surface area contributed by atoms with Crippen molar-refractivity contribution in [3.63, 3.8) is 0 Å². The number of sulfonamides is 1. The molecule has 0 spiro atoms. The topological polar surface area (TPSA) is 113 Å². The molecular weight excluding hydrogens is 356 g/mol. The minimum absolute atomic E-state index is 0.0122. The van der Waals surface area contributed by atoms with E-state index in [1.807, 2.05) is 24.3 Å². The number of methoxy groups -OCH3 is 1. The van der Waals surface area contributed by atoms with E-state index in [1.54, 1.807) is 0 Å². The number of nitrogens with one attached hydrogen (secondary N) is 3. The van der Waals surface area contributed by atoms with Crippen molar-refractivity contribution in [1.29, 1.82) is 0 Å². The van der Waals surface area contributed by atoms with Gasteiger partial charge >= 0.3 is 0 Å². The van der Waals surface area contributed by atoms with Gasteiger partial charge in [-0.3, -0.25) is 4.79 Å². The Labute approximate surface area is 150 Å². The number of benzene rings is 2. The van der Waals surface area contributed by atoms with Gasteiger partial charge in [-0.15, -0.1) is 0 Å². The molecule has 3 aromatic rings. The lowest BCUT2D eigenvalue weighted by Crippen LogP contribution is -2.24. The van der Waals surface area contributed by atoms with E-state index in [4.69, 9.17) is 4.74 Å². The van der Waals surface area contributed by atoms with Gasteiger partial charge in [0.2, 0.25) is 15.9 Å². The van der Waals surface area contributed by atoms with Gasteiger partial charge in [0, 0.05) is 6.92 Å². The zero-order valence-corrected chi connectivity index (χ0v) is 15.1. The fraction of sp³-hybridized carbons (Fsp3) is 0.176. The summed E-state index contributed by atoms with van der Waals surface area (Å²) < 4.78 is 32.7. The first kappa shape index (κ1) is 17.9. The second kappa shape index (κ2) is 7.14. The second-order valence-corrected chi connectivity index (χ2v) is 7.34. The van der Waals surface area contributed by atoms with Crippen molar-refractivity contribution in [1.82, 2.24) is 14.7 Å². The quantitative estimate of drug-likeness (QED) is 0.611. The number of nitrogens with zero attached hydrogens (tertiary/aromatic N) is 1. The number of aromatic amines is 1. The molecule has 0 radical (unpaired) electrons. The summed E-state index contributed by atoms with van der Waals surface area (Å²) in [5, 5.41) is 2.55. The lowest BCUT2D eigenvalue weighted by Gasteiger charge is -2.11. The Bertz CT molecular complexity index is 1030.